The van der Waals surface area contributed by atoms with Gasteiger partial charge >= 0.3 is 0 Å². The Morgan fingerprint density at radius 2 is 2.44 bits per heavy atom. The largest absolute Gasteiger partial charge is 0.469 e. The third-order valence-electron chi connectivity index (χ3n) is 2.17. The fourth-order valence-electron chi connectivity index (χ4n) is 1.33. The average Bonchev–Trinajstić information content (AvgIpc) is 2.79. The summed E-state index contributed by atoms with van der Waals surface area (Å²) in [4.78, 5) is 11.4. The summed E-state index contributed by atoms with van der Waals surface area (Å²) >= 11 is 0. The maximum Gasteiger partial charge on any atom is 0.220 e. The minimum Gasteiger partial charge on any atom is -0.469 e. The Labute approximate surface area is 96.0 Å². The number of ether oxygens (including phenoxy) is 1. The summed E-state index contributed by atoms with van der Waals surface area (Å²) in [5.41, 5.74) is 0. The predicted octanol–water partition coefficient (Wildman–Crippen LogP) is 1.76. The molecule has 1 amide bonds. The van der Waals surface area contributed by atoms with Gasteiger partial charge in [-0.1, -0.05) is 0 Å². The average molecular weight is 225 g/mol. The molecule has 0 fully saturated rings. The van der Waals surface area contributed by atoms with Crippen molar-refractivity contribution in [2.45, 2.75) is 26.2 Å². The van der Waals surface area contributed by atoms with Crippen molar-refractivity contribution in [3.63, 3.8) is 0 Å². The van der Waals surface area contributed by atoms with Gasteiger partial charge in [0, 0.05) is 32.6 Å². The van der Waals surface area contributed by atoms with Crippen LogP contribution in [0.25, 0.3) is 0 Å². The van der Waals surface area contributed by atoms with Gasteiger partial charge in [-0.25, -0.2) is 0 Å². The molecule has 0 aliphatic heterocycles. The molecule has 0 aliphatic carbocycles. The Morgan fingerprint density at radius 3 is 3.12 bits per heavy atom. The molecule has 0 radical (unpaired) electrons. The van der Waals surface area contributed by atoms with Crippen LogP contribution in [-0.4, -0.2) is 25.7 Å². The molecule has 0 aromatic carbocycles. The second kappa shape index (κ2) is 7.93. The summed E-state index contributed by atoms with van der Waals surface area (Å²) in [6.07, 6.45) is 3.61. The number of hydrogen-bond donors (Lipinski definition) is 1. The molecule has 0 unspecified atom stereocenters. The molecule has 4 heteroatoms. The fourth-order valence-corrected chi connectivity index (χ4v) is 1.33. The monoisotopic (exact) mass is 225 g/mol. The predicted molar refractivity (Wildman–Crippen MR) is 61.1 cm³/mol. The van der Waals surface area contributed by atoms with Crippen molar-refractivity contribution in [1.82, 2.24) is 5.32 Å². The molecule has 0 saturated heterocycles. The van der Waals surface area contributed by atoms with Gasteiger partial charge < -0.3 is 14.5 Å². The van der Waals surface area contributed by atoms with Crippen LogP contribution >= 0.6 is 0 Å². The third kappa shape index (κ3) is 5.56. The molecule has 1 heterocycles. The van der Waals surface area contributed by atoms with Crippen LogP contribution in [-0.2, 0) is 16.0 Å². The van der Waals surface area contributed by atoms with Crippen LogP contribution in [0.2, 0.25) is 0 Å². The quantitative estimate of drug-likeness (QED) is 0.686. The number of aryl methyl sites for hydroxylation is 1. The molecular weight excluding hydrogens is 206 g/mol. The van der Waals surface area contributed by atoms with Gasteiger partial charge in [0.2, 0.25) is 5.91 Å². The molecule has 4 nitrogen and oxygen atoms in total. The summed E-state index contributed by atoms with van der Waals surface area (Å²) in [5, 5.41) is 2.84. The van der Waals surface area contributed by atoms with E-state index < -0.39 is 0 Å². The summed E-state index contributed by atoms with van der Waals surface area (Å²) in [6.45, 7) is 4.07. The van der Waals surface area contributed by atoms with Gasteiger partial charge in [0.15, 0.2) is 0 Å². The molecule has 0 spiro atoms. The molecule has 0 bridgehead atoms. The van der Waals surface area contributed by atoms with Crippen molar-refractivity contribution < 1.29 is 13.9 Å². The van der Waals surface area contributed by atoms with Crippen LogP contribution in [0.1, 0.15) is 25.5 Å². The van der Waals surface area contributed by atoms with E-state index >= 15 is 0 Å². The Bertz CT molecular complexity index is 282. The van der Waals surface area contributed by atoms with Crippen molar-refractivity contribution in [3.8, 4) is 0 Å². The number of amides is 1. The lowest BCUT2D eigenvalue weighted by Gasteiger charge is -2.04. The van der Waals surface area contributed by atoms with Gasteiger partial charge in [-0.05, 0) is 25.5 Å². The van der Waals surface area contributed by atoms with Gasteiger partial charge in [-0.2, -0.15) is 0 Å². The van der Waals surface area contributed by atoms with Gasteiger partial charge in [0.25, 0.3) is 0 Å². The van der Waals surface area contributed by atoms with Gasteiger partial charge in [-0.3, -0.25) is 4.79 Å². The Kier molecular flexibility index (Phi) is 6.33. The van der Waals surface area contributed by atoms with Gasteiger partial charge in [-0.15, -0.1) is 0 Å². The number of nitrogens with one attached hydrogen (secondary N) is 1. The van der Waals surface area contributed by atoms with Crippen molar-refractivity contribution in [2.75, 3.05) is 19.8 Å². The molecule has 0 saturated carbocycles. The normalized spacial score (nSPS) is 10.3. The second-order valence-corrected chi connectivity index (χ2v) is 3.48. The van der Waals surface area contributed by atoms with Crippen molar-refractivity contribution in [1.29, 1.82) is 0 Å². The zero-order valence-corrected chi connectivity index (χ0v) is 9.70. The van der Waals surface area contributed by atoms with E-state index in [9.17, 15) is 4.79 Å². The standard InChI is InChI=1S/C12H19NO3/c1-2-15-9-4-8-13-12(14)7-6-11-5-3-10-16-11/h3,5,10H,2,4,6-9H2,1H3,(H,13,14). The van der Waals surface area contributed by atoms with Crippen LogP contribution in [0.15, 0.2) is 22.8 Å². The summed E-state index contributed by atoms with van der Waals surface area (Å²) in [6, 6.07) is 3.71. The van der Waals surface area contributed by atoms with Crippen LogP contribution in [0.4, 0.5) is 0 Å². The minimum absolute atomic E-state index is 0.0629. The first-order chi connectivity index (χ1) is 7.83. The highest BCUT2D eigenvalue weighted by molar-refractivity contribution is 5.75. The summed E-state index contributed by atoms with van der Waals surface area (Å²) < 4.78 is 10.3. The number of carbonyl (C=O) groups is 1. The Hall–Kier alpha value is -1.29. The molecule has 1 aromatic heterocycles. The Balaban J connectivity index is 1.99. The van der Waals surface area contributed by atoms with E-state index in [2.05, 4.69) is 5.32 Å². The number of furan rings is 1. The van der Waals surface area contributed by atoms with Crippen molar-refractivity contribution in [2.24, 2.45) is 0 Å². The van der Waals surface area contributed by atoms with Crippen LogP contribution < -0.4 is 5.32 Å². The van der Waals surface area contributed by atoms with Crippen molar-refractivity contribution >= 4 is 5.91 Å². The fraction of sp³-hybridized carbons (Fsp3) is 0.583. The molecule has 90 valence electrons. The maximum atomic E-state index is 11.4. The molecule has 1 aromatic rings. The minimum atomic E-state index is 0.0629. The lowest BCUT2D eigenvalue weighted by atomic mass is 10.2. The van der Waals surface area contributed by atoms with E-state index in [1.807, 2.05) is 19.1 Å². The van der Waals surface area contributed by atoms with Gasteiger partial charge in [0.05, 0.1) is 6.26 Å². The number of rotatable bonds is 8. The highest BCUT2D eigenvalue weighted by Crippen LogP contribution is 2.03. The van der Waals surface area contributed by atoms with Gasteiger partial charge in [0.1, 0.15) is 5.76 Å². The summed E-state index contributed by atoms with van der Waals surface area (Å²) in [7, 11) is 0. The zero-order chi connectivity index (χ0) is 11.6. The number of hydrogen-bond acceptors (Lipinski definition) is 3. The molecule has 0 atom stereocenters. The topological polar surface area (TPSA) is 51.5 Å². The van der Waals surface area contributed by atoms with E-state index in [1.165, 1.54) is 0 Å². The second-order valence-electron chi connectivity index (χ2n) is 3.48. The molecule has 0 aliphatic rings. The SMILES string of the molecule is CCOCCCNC(=O)CCc1ccco1. The highest BCUT2D eigenvalue weighted by Gasteiger charge is 2.02. The number of carbonyl (C=O) groups excluding carboxylic acids is 1. The smallest absolute Gasteiger partial charge is 0.220 e. The van der Waals surface area contributed by atoms with E-state index in [1.54, 1.807) is 6.26 Å². The van der Waals surface area contributed by atoms with Crippen molar-refractivity contribution in [3.05, 3.63) is 24.2 Å². The van der Waals surface area contributed by atoms with E-state index in [-0.39, 0.29) is 5.91 Å². The van der Waals surface area contributed by atoms with E-state index in [4.69, 9.17) is 9.15 Å². The molecule has 1 N–H and O–H groups in total. The maximum absolute atomic E-state index is 11.4. The van der Waals surface area contributed by atoms with Crippen LogP contribution in [0.3, 0.4) is 0 Å². The summed E-state index contributed by atoms with van der Waals surface area (Å²) in [5.74, 6) is 0.914. The lowest BCUT2D eigenvalue weighted by molar-refractivity contribution is -0.121. The highest BCUT2D eigenvalue weighted by atomic mass is 16.5. The third-order valence-corrected chi connectivity index (χ3v) is 2.17. The lowest BCUT2D eigenvalue weighted by Crippen LogP contribution is -2.25. The first-order valence-electron chi connectivity index (χ1n) is 5.69. The van der Waals surface area contributed by atoms with E-state index in [0.29, 0.717) is 26.0 Å². The first kappa shape index (κ1) is 12.8. The van der Waals surface area contributed by atoms with Crippen LogP contribution in [0, 0.1) is 0 Å². The molecule has 16 heavy (non-hydrogen) atoms. The molecule has 1 rings (SSSR count). The Morgan fingerprint density at radius 1 is 1.56 bits per heavy atom. The van der Waals surface area contributed by atoms with Crippen LogP contribution in [0.5, 0.6) is 0 Å². The first-order valence-corrected chi connectivity index (χ1v) is 5.69. The van der Waals surface area contributed by atoms with E-state index in [0.717, 1.165) is 18.8 Å². The zero-order valence-electron chi connectivity index (χ0n) is 9.70. The molecular formula is C12H19NO3.